The van der Waals surface area contributed by atoms with E-state index in [0.717, 1.165) is 33.5 Å². The van der Waals surface area contributed by atoms with E-state index in [1.807, 2.05) is 6.07 Å². The Hall–Kier alpha value is -0.0900. The topological polar surface area (TPSA) is 35.2 Å². The van der Waals surface area contributed by atoms with Crippen LogP contribution in [0.2, 0.25) is 5.02 Å². The molecule has 0 radical (unpaired) electrons. The summed E-state index contributed by atoms with van der Waals surface area (Å²) in [6, 6.07) is 4.08. The summed E-state index contributed by atoms with van der Waals surface area (Å²) in [6.45, 7) is 0.511. The largest absolute Gasteiger partial charge is 0.380 e. The minimum atomic E-state index is -0.197. The third kappa shape index (κ3) is 2.68. The Kier molecular flexibility index (Phi) is 4.14. The maximum absolute atomic E-state index is 6.43. The van der Waals surface area contributed by atoms with Crippen molar-refractivity contribution in [3.8, 4) is 0 Å². The lowest BCUT2D eigenvalue weighted by atomic mass is 9.89. The number of hydrogen-bond donors (Lipinski definition) is 1. The first-order chi connectivity index (χ1) is 8.07. The van der Waals surface area contributed by atoms with Crippen LogP contribution in [0.1, 0.15) is 36.8 Å². The molecule has 0 bridgehead atoms. The van der Waals surface area contributed by atoms with Crippen molar-refractivity contribution in [1.29, 1.82) is 0 Å². The molecule has 0 spiro atoms. The van der Waals surface area contributed by atoms with Gasteiger partial charge in [-0.1, -0.05) is 40.4 Å². The van der Waals surface area contributed by atoms with Gasteiger partial charge in [0.2, 0.25) is 0 Å². The molecule has 2 nitrogen and oxygen atoms in total. The van der Waals surface area contributed by atoms with Crippen LogP contribution in [0.5, 0.6) is 0 Å². The number of ether oxygens (including phenoxy) is 1. The molecule has 0 amide bonds. The first-order valence-corrected chi connectivity index (χ1v) is 7.00. The van der Waals surface area contributed by atoms with Crippen LogP contribution in [0.15, 0.2) is 16.6 Å². The molecule has 1 aromatic carbocycles. The highest BCUT2D eigenvalue weighted by Gasteiger charge is 2.32. The van der Waals surface area contributed by atoms with Crippen LogP contribution in [0.3, 0.4) is 0 Å². The lowest BCUT2D eigenvalue weighted by molar-refractivity contribution is 0.184. The second kappa shape index (κ2) is 5.27. The maximum atomic E-state index is 6.43. The van der Waals surface area contributed by atoms with E-state index in [2.05, 4.69) is 22.0 Å². The predicted octanol–water partition coefficient (Wildman–Crippen LogP) is 3.98. The standard InChI is InChI=1S/C13H17BrClNO/c1-17-8-10-11(14)6-9(7-12(10)15)13(16)4-2-3-5-13/h6-7H,2-5,8,16H2,1H3. The summed E-state index contributed by atoms with van der Waals surface area (Å²) in [7, 11) is 1.66. The zero-order chi connectivity index (χ0) is 12.5. The Morgan fingerprint density at radius 2 is 2.06 bits per heavy atom. The van der Waals surface area contributed by atoms with Gasteiger partial charge in [0, 0.05) is 27.7 Å². The highest BCUT2D eigenvalue weighted by molar-refractivity contribution is 9.10. The molecular formula is C13H17BrClNO. The number of methoxy groups -OCH3 is 1. The summed E-state index contributed by atoms with van der Waals surface area (Å²) in [5.41, 5.74) is 8.35. The van der Waals surface area contributed by atoms with E-state index in [-0.39, 0.29) is 5.54 Å². The van der Waals surface area contributed by atoms with Gasteiger partial charge >= 0.3 is 0 Å². The van der Waals surface area contributed by atoms with Crippen LogP contribution >= 0.6 is 27.5 Å². The van der Waals surface area contributed by atoms with Crippen LogP contribution in [-0.4, -0.2) is 7.11 Å². The first kappa shape index (κ1) is 13.3. The smallest absolute Gasteiger partial charge is 0.0738 e. The van der Waals surface area contributed by atoms with Gasteiger partial charge < -0.3 is 10.5 Å². The lowest BCUT2D eigenvalue weighted by Gasteiger charge is -2.25. The molecule has 4 heteroatoms. The van der Waals surface area contributed by atoms with Crippen molar-refractivity contribution in [1.82, 2.24) is 0 Å². The first-order valence-electron chi connectivity index (χ1n) is 5.83. The molecule has 0 unspecified atom stereocenters. The second-order valence-electron chi connectivity index (χ2n) is 4.71. The summed E-state index contributed by atoms with van der Waals surface area (Å²) in [6.07, 6.45) is 4.48. The van der Waals surface area contributed by atoms with Crippen LogP contribution in [0, 0.1) is 0 Å². The van der Waals surface area contributed by atoms with Gasteiger partial charge in [-0.05, 0) is 30.5 Å². The summed E-state index contributed by atoms with van der Waals surface area (Å²) in [4.78, 5) is 0. The van der Waals surface area contributed by atoms with Gasteiger partial charge in [0.1, 0.15) is 0 Å². The fourth-order valence-corrected chi connectivity index (χ4v) is 3.43. The monoisotopic (exact) mass is 317 g/mol. The van der Waals surface area contributed by atoms with Crippen molar-refractivity contribution in [2.45, 2.75) is 37.8 Å². The van der Waals surface area contributed by atoms with Crippen LogP contribution in [0.25, 0.3) is 0 Å². The van der Waals surface area contributed by atoms with Crippen molar-refractivity contribution in [3.05, 3.63) is 32.8 Å². The van der Waals surface area contributed by atoms with Crippen molar-refractivity contribution in [3.63, 3.8) is 0 Å². The summed E-state index contributed by atoms with van der Waals surface area (Å²) >= 11 is 9.84. The molecule has 0 atom stereocenters. The molecule has 1 fully saturated rings. The fourth-order valence-electron chi connectivity index (χ4n) is 2.47. The van der Waals surface area contributed by atoms with Crippen LogP contribution < -0.4 is 5.73 Å². The summed E-state index contributed by atoms with van der Waals surface area (Å²) in [5.74, 6) is 0. The highest BCUT2D eigenvalue weighted by Crippen LogP contribution is 2.39. The summed E-state index contributed by atoms with van der Waals surface area (Å²) in [5, 5.41) is 0.730. The minimum Gasteiger partial charge on any atom is -0.380 e. The van der Waals surface area contributed by atoms with E-state index in [0.29, 0.717) is 6.61 Å². The zero-order valence-electron chi connectivity index (χ0n) is 9.93. The van der Waals surface area contributed by atoms with Gasteiger partial charge in [-0.25, -0.2) is 0 Å². The molecule has 2 rings (SSSR count). The van der Waals surface area contributed by atoms with Crippen molar-refractivity contribution in [2.24, 2.45) is 5.73 Å². The van der Waals surface area contributed by atoms with E-state index >= 15 is 0 Å². The molecule has 94 valence electrons. The molecule has 1 aromatic rings. The van der Waals surface area contributed by atoms with E-state index in [1.165, 1.54) is 12.8 Å². The maximum Gasteiger partial charge on any atom is 0.0738 e. The molecule has 1 aliphatic carbocycles. The number of halogens is 2. The van der Waals surface area contributed by atoms with Gasteiger partial charge in [-0.2, -0.15) is 0 Å². The van der Waals surface area contributed by atoms with Gasteiger partial charge in [-0.3, -0.25) is 0 Å². The van der Waals surface area contributed by atoms with Gasteiger partial charge in [0.05, 0.1) is 6.61 Å². The van der Waals surface area contributed by atoms with Crippen LogP contribution in [-0.2, 0) is 16.9 Å². The molecule has 0 aliphatic heterocycles. The average molecular weight is 319 g/mol. The Morgan fingerprint density at radius 1 is 1.41 bits per heavy atom. The van der Waals surface area contributed by atoms with Crippen molar-refractivity contribution < 1.29 is 4.74 Å². The fraction of sp³-hybridized carbons (Fsp3) is 0.538. The number of nitrogens with two attached hydrogens (primary N) is 1. The third-order valence-corrected chi connectivity index (χ3v) is 4.55. The Balaban J connectivity index is 2.38. The molecule has 0 heterocycles. The average Bonchev–Trinajstić information content (AvgIpc) is 2.72. The molecular weight excluding hydrogens is 302 g/mol. The number of hydrogen-bond acceptors (Lipinski definition) is 2. The SMILES string of the molecule is COCc1c(Cl)cc(C2(N)CCCC2)cc1Br. The van der Waals surface area contributed by atoms with Crippen LogP contribution in [0.4, 0.5) is 0 Å². The molecule has 2 N–H and O–H groups in total. The van der Waals surface area contributed by atoms with Gasteiger partial charge in [0.15, 0.2) is 0 Å². The molecule has 0 saturated heterocycles. The molecule has 17 heavy (non-hydrogen) atoms. The zero-order valence-corrected chi connectivity index (χ0v) is 12.3. The minimum absolute atomic E-state index is 0.197. The molecule has 1 aliphatic rings. The quantitative estimate of drug-likeness (QED) is 0.915. The Morgan fingerprint density at radius 3 is 2.59 bits per heavy atom. The van der Waals surface area contributed by atoms with Crippen molar-refractivity contribution in [2.75, 3.05) is 7.11 Å². The third-order valence-electron chi connectivity index (χ3n) is 3.50. The summed E-state index contributed by atoms with van der Waals surface area (Å²) < 4.78 is 6.12. The van der Waals surface area contributed by atoms with Gasteiger partial charge in [-0.15, -0.1) is 0 Å². The molecule has 1 saturated carbocycles. The van der Waals surface area contributed by atoms with E-state index < -0.39 is 0 Å². The number of benzene rings is 1. The Bertz CT molecular complexity index is 393. The number of rotatable bonds is 3. The Labute approximate surface area is 116 Å². The predicted molar refractivity (Wildman–Crippen MR) is 74.2 cm³/mol. The normalized spacial score (nSPS) is 18.6. The van der Waals surface area contributed by atoms with E-state index in [9.17, 15) is 0 Å². The van der Waals surface area contributed by atoms with E-state index in [4.69, 9.17) is 22.1 Å². The molecule has 0 aromatic heterocycles. The van der Waals surface area contributed by atoms with Crippen molar-refractivity contribution >= 4 is 27.5 Å². The lowest BCUT2D eigenvalue weighted by Crippen LogP contribution is -2.33. The second-order valence-corrected chi connectivity index (χ2v) is 5.98. The van der Waals surface area contributed by atoms with Gasteiger partial charge in [0.25, 0.3) is 0 Å². The van der Waals surface area contributed by atoms with E-state index in [1.54, 1.807) is 7.11 Å². The highest BCUT2D eigenvalue weighted by atomic mass is 79.9.